The SMILES string of the molecule is O=C(O)COCC(=O)O.[Cr]. The number of ether oxygens (including phenoxy) is 1. The number of hydrogen-bond acceptors (Lipinski definition) is 3. The molecule has 0 amide bonds. The number of hydrogen-bond donors (Lipinski definition) is 2. The molecule has 5 nitrogen and oxygen atoms in total. The summed E-state index contributed by atoms with van der Waals surface area (Å²) in [6.07, 6.45) is 0. The standard InChI is InChI=1S/C4H6O5.Cr/c5-3(6)1-9-2-4(7)8;/h1-2H2,(H,5,6)(H,7,8);. The average molecular weight is 186 g/mol. The summed E-state index contributed by atoms with van der Waals surface area (Å²) in [5.74, 6) is -2.34. The maximum absolute atomic E-state index is 9.66. The first kappa shape index (κ1) is 12.1. The third-order valence-electron chi connectivity index (χ3n) is 0.451. The topological polar surface area (TPSA) is 83.8 Å². The van der Waals surface area contributed by atoms with E-state index in [9.17, 15) is 9.59 Å². The van der Waals surface area contributed by atoms with Crippen LogP contribution in [-0.2, 0) is 31.7 Å². The number of rotatable bonds is 4. The van der Waals surface area contributed by atoms with Crippen LogP contribution in [0.1, 0.15) is 0 Å². The van der Waals surface area contributed by atoms with Gasteiger partial charge in [-0.2, -0.15) is 0 Å². The van der Waals surface area contributed by atoms with Gasteiger partial charge in [-0.1, -0.05) is 0 Å². The van der Waals surface area contributed by atoms with E-state index in [-0.39, 0.29) is 17.4 Å². The summed E-state index contributed by atoms with van der Waals surface area (Å²) in [4.78, 5) is 19.3. The van der Waals surface area contributed by atoms with E-state index in [0.29, 0.717) is 0 Å². The molecule has 0 aliphatic carbocycles. The third kappa shape index (κ3) is 10.4. The molecule has 0 aromatic rings. The molecule has 0 spiro atoms. The van der Waals surface area contributed by atoms with E-state index in [1.807, 2.05) is 0 Å². The monoisotopic (exact) mass is 186 g/mol. The van der Waals surface area contributed by atoms with Gasteiger partial charge in [0.15, 0.2) is 0 Å². The van der Waals surface area contributed by atoms with Gasteiger partial charge in [0, 0.05) is 17.4 Å². The zero-order chi connectivity index (χ0) is 7.28. The van der Waals surface area contributed by atoms with Gasteiger partial charge in [-0.05, 0) is 0 Å². The largest absolute Gasteiger partial charge is 0.480 e. The molecular weight excluding hydrogens is 180 g/mol. The molecule has 0 saturated heterocycles. The van der Waals surface area contributed by atoms with Gasteiger partial charge in [0.2, 0.25) is 0 Å². The van der Waals surface area contributed by atoms with Crippen LogP contribution in [0.2, 0.25) is 0 Å². The first-order chi connectivity index (χ1) is 4.13. The van der Waals surface area contributed by atoms with Crippen LogP contribution in [0.15, 0.2) is 0 Å². The Morgan fingerprint density at radius 2 is 1.40 bits per heavy atom. The number of carboxylic acid groups (broad SMARTS) is 2. The van der Waals surface area contributed by atoms with Gasteiger partial charge in [-0.3, -0.25) is 0 Å². The predicted molar refractivity (Wildman–Crippen MR) is 26.1 cm³/mol. The molecule has 0 bridgehead atoms. The first-order valence-electron chi connectivity index (χ1n) is 2.14. The smallest absolute Gasteiger partial charge is 0.329 e. The molecule has 10 heavy (non-hydrogen) atoms. The predicted octanol–water partition coefficient (Wildman–Crippen LogP) is -0.830. The van der Waals surface area contributed by atoms with Gasteiger partial charge in [0.1, 0.15) is 13.2 Å². The second-order valence-electron chi connectivity index (χ2n) is 1.28. The van der Waals surface area contributed by atoms with Gasteiger partial charge < -0.3 is 14.9 Å². The molecule has 6 heteroatoms. The maximum Gasteiger partial charge on any atom is 0.329 e. The molecule has 0 fully saturated rings. The molecule has 2 N–H and O–H groups in total. The molecule has 0 unspecified atom stereocenters. The molecule has 0 aromatic carbocycles. The molecule has 0 atom stereocenters. The Morgan fingerprint density at radius 1 is 1.10 bits per heavy atom. The van der Waals surface area contributed by atoms with Gasteiger partial charge in [0.05, 0.1) is 0 Å². The summed E-state index contributed by atoms with van der Waals surface area (Å²) in [7, 11) is 0. The van der Waals surface area contributed by atoms with Crippen LogP contribution in [0.4, 0.5) is 0 Å². The molecule has 0 rings (SSSR count). The third-order valence-corrected chi connectivity index (χ3v) is 0.451. The van der Waals surface area contributed by atoms with E-state index in [1.54, 1.807) is 0 Å². The van der Waals surface area contributed by atoms with Crippen LogP contribution in [0.25, 0.3) is 0 Å². The van der Waals surface area contributed by atoms with Crippen molar-refractivity contribution in [3.8, 4) is 0 Å². The van der Waals surface area contributed by atoms with E-state index in [4.69, 9.17) is 10.2 Å². The maximum atomic E-state index is 9.66. The Labute approximate surface area is 67.7 Å². The second-order valence-corrected chi connectivity index (χ2v) is 1.28. The Bertz CT molecular complexity index is 109. The minimum atomic E-state index is -1.17. The molecule has 58 valence electrons. The molecule has 0 aliphatic heterocycles. The van der Waals surface area contributed by atoms with Crippen molar-refractivity contribution >= 4 is 11.9 Å². The normalized spacial score (nSPS) is 8.00. The molecule has 0 saturated carbocycles. The second kappa shape index (κ2) is 6.55. The van der Waals surface area contributed by atoms with Crippen molar-refractivity contribution in [2.24, 2.45) is 0 Å². The van der Waals surface area contributed by atoms with Crippen LogP contribution in [0, 0.1) is 0 Å². The summed E-state index contributed by atoms with van der Waals surface area (Å²) < 4.78 is 4.16. The fraction of sp³-hybridized carbons (Fsp3) is 0.500. The van der Waals surface area contributed by atoms with E-state index in [1.165, 1.54) is 0 Å². The van der Waals surface area contributed by atoms with Crippen molar-refractivity contribution in [1.29, 1.82) is 0 Å². The number of carbonyl (C=O) groups is 2. The van der Waals surface area contributed by atoms with Crippen molar-refractivity contribution < 1.29 is 41.9 Å². The Hall–Kier alpha value is -0.568. The molecule has 0 heterocycles. The van der Waals surface area contributed by atoms with Gasteiger partial charge >= 0.3 is 11.9 Å². The van der Waals surface area contributed by atoms with Gasteiger partial charge in [-0.25, -0.2) is 9.59 Å². The quantitative estimate of drug-likeness (QED) is 0.598. The fourth-order valence-electron chi connectivity index (χ4n) is 0.226. The zero-order valence-corrected chi connectivity index (χ0v) is 6.22. The van der Waals surface area contributed by atoms with Crippen LogP contribution in [0.3, 0.4) is 0 Å². The number of carboxylic acids is 2. The van der Waals surface area contributed by atoms with Crippen molar-refractivity contribution in [3.05, 3.63) is 0 Å². The Kier molecular flexibility index (Phi) is 7.95. The van der Waals surface area contributed by atoms with Gasteiger partial charge in [0.25, 0.3) is 0 Å². The molecule has 0 aromatic heterocycles. The summed E-state index contributed by atoms with van der Waals surface area (Å²) in [5.41, 5.74) is 0. The zero-order valence-electron chi connectivity index (χ0n) is 4.94. The van der Waals surface area contributed by atoms with E-state index in [0.717, 1.165) is 0 Å². The van der Waals surface area contributed by atoms with Gasteiger partial charge in [-0.15, -0.1) is 0 Å². The van der Waals surface area contributed by atoms with Crippen LogP contribution in [-0.4, -0.2) is 35.4 Å². The molecule has 0 aliphatic rings. The summed E-state index contributed by atoms with van der Waals surface area (Å²) >= 11 is 0. The van der Waals surface area contributed by atoms with Crippen molar-refractivity contribution in [3.63, 3.8) is 0 Å². The number of aliphatic carboxylic acids is 2. The summed E-state index contributed by atoms with van der Waals surface area (Å²) in [6, 6.07) is 0. The Balaban J connectivity index is 0. The minimum absolute atomic E-state index is 0. The minimum Gasteiger partial charge on any atom is -0.480 e. The van der Waals surface area contributed by atoms with Crippen LogP contribution < -0.4 is 0 Å². The summed E-state index contributed by atoms with van der Waals surface area (Å²) in [6.45, 7) is -1.13. The van der Waals surface area contributed by atoms with Crippen molar-refractivity contribution in [2.45, 2.75) is 0 Å². The van der Waals surface area contributed by atoms with Crippen molar-refractivity contribution in [1.82, 2.24) is 0 Å². The Morgan fingerprint density at radius 3 is 1.60 bits per heavy atom. The van der Waals surface area contributed by atoms with E-state index >= 15 is 0 Å². The molecule has 0 radical (unpaired) electrons. The van der Waals surface area contributed by atoms with Crippen LogP contribution >= 0.6 is 0 Å². The van der Waals surface area contributed by atoms with E-state index in [2.05, 4.69) is 4.74 Å². The first-order valence-corrected chi connectivity index (χ1v) is 2.14. The average Bonchev–Trinajstić information content (AvgIpc) is 1.63. The van der Waals surface area contributed by atoms with E-state index < -0.39 is 25.2 Å². The van der Waals surface area contributed by atoms with Crippen LogP contribution in [0.5, 0.6) is 0 Å². The molecular formula is C4H6CrO5. The fourth-order valence-corrected chi connectivity index (χ4v) is 0.226. The summed E-state index contributed by atoms with van der Waals surface area (Å²) in [5, 5.41) is 15.8. The van der Waals surface area contributed by atoms with Crippen molar-refractivity contribution in [2.75, 3.05) is 13.2 Å².